The molecule has 0 atom stereocenters. The summed E-state index contributed by atoms with van der Waals surface area (Å²) >= 11 is 0. The molecule has 0 N–H and O–H groups in total. The van der Waals surface area contributed by atoms with Crippen LogP contribution in [0.4, 0.5) is 0 Å². The Bertz CT molecular complexity index is 1380. The molecule has 1 aromatic heterocycles. The van der Waals surface area contributed by atoms with Gasteiger partial charge in [-0.2, -0.15) is 0 Å². The molecule has 2 aromatic carbocycles. The zero-order chi connectivity index (χ0) is 25.2. The van der Waals surface area contributed by atoms with Crippen LogP contribution in [0.2, 0.25) is 0 Å². The number of nitrogens with zero attached hydrogens (tertiary/aromatic N) is 3. The van der Waals surface area contributed by atoms with Gasteiger partial charge in [-0.05, 0) is 43.0 Å². The fourth-order valence-electron chi connectivity index (χ4n) is 5.14. The van der Waals surface area contributed by atoms with Gasteiger partial charge in [0.05, 0.1) is 37.8 Å². The molecule has 2 aliphatic rings. The Hall–Kier alpha value is -3.81. The van der Waals surface area contributed by atoms with E-state index in [1.54, 1.807) is 44.1 Å². The van der Waals surface area contributed by atoms with Crippen LogP contribution in [0.15, 0.2) is 41.2 Å². The van der Waals surface area contributed by atoms with E-state index < -0.39 is 0 Å². The van der Waals surface area contributed by atoms with Gasteiger partial charge >= 0.3 is 0 Å². The fraction of sp³-hybridized carbons (Fsp3) is 0.393. The molecule has 0 saturated heterocycles. The lowest BCUT2D eigenvalue weighted by atomic mass is 9.96. The number of hydrogen-bond donors (Lipinski definition) is 0. The predicted molar refractivity (Wildman–Crippen MR) is 138 cm³/mol. The van der Waals surface area contributed by atoms with E-state index in [9.17, 15) is 9.59 Å². The SMILES string of the molecule is COc1cc(OC)c(C2=CCN(C(=O)c3ccc4c(=O)n5c(nc4c3)CCCCC5)CC2)c(OC)c1. The van der Waals surface area contributed by atoms with Crippen LogP contribution in [0.25, 0.3) is 16.5 Å². The molecule has 0 radical (unpaired) electrons. The number of benzene rings is 2. The van der Waals surface area contributed by atoms with Gasteiger partial charge in [-0.1, -0.05) is 12.5 Å². The molecule has 3 heterocycles. The molecule has 3 aromatic rings. The number of fused-ring (bicyclic) bond motifs is 2. The summed E-state index contributed by atoms with van der Waals surface area (Å²) in [4.78, 5) is 33.0. The molecule has 0 saturated carbocycles. The number of carbonyl (C=O) groups excluding carboxylic acids is 1. The monoisotopic (exact) mass is 489 g/mol. The van der Waals surface area contributed by atoms with Crippen molar-refractivity contribution in [3.63, 3.8) is 0 Å². The van der Waals surface area contributed by atoms with Crippen LogP contribution in [0.5, 0.6) is 17.2 Å². The molecule has 0 spiro atoms. The highest BCUT2D eigenvalue weighted by atomic mass is 16.5. The van der Waals surface area contributed by atoms with Crippen molar-refractivity contribution in [2.75, 3.05) is 34.4 Å². The third-order valence-electron chi connectivity index (χ3n) is 7.10. The van der Waals surface area contributed by atoms with E-state index >= 15 is 0 Å². The number of rotatable bonds is 5. The van der Waals surface area contributed by atoms with Gasteiger partial charge in [0.2, 0.25) is 0 Å². The zero-order valence-corrected chi connectivity index (χ0v) is 21.0. The van der Waals surface area contributed by atoms with Crippen molar-refractivity contribution >= 4 is 22.4 Å². The van der Waals surface area contributed by atoms with E-state index in [2.05, 4.69) is 0 Å². The Morgan fingerprint density at radius 3 is 2.36 bits per heavy atom. The standard InChI is InChI=1S/C28H31N3O5/c1-34-20-16-23(35-2)26(24(17-20)36-3)18-10-13-30(14-11-18)27(32)19-8-9-21-22(15-19)29-25-7-5-4-6-12-31(25)28(21)33/h8-10,15-17H,4-7,11-14H2,1-3H3. The maximum Gasteiger partial charge on any atom is 0.261 e. The average molecular weight is 490 g/mol. The third kappa shape index (κ3) is 4.32. The fourth-order valence-corrected chi connectivity index (χ4v) is 5.14. The first-order valence-electron chi connectivity index (χ1n) is 12.4. The van der Waals surface area contributed by atoms with E-state index in [0.29, 0.717) is 59.8 Å². The van der Waals surface area contributed by atoms with Crippen LogP contribution in [-0.4, -0.2) is 54.8 Å². The van der Waals surface area contributed by atoms with Crippen molar-refractivity contribution in [1.29, 1.82) is 0 Å². The average Bonchev–Trinajstić information content (AvgIpc) is 3.17. The van der Waals surface area contributed by atoms with E-state index in [1.165, 1.54) is 0 Å². The van der Waals surface area contributed by atoms with Crippen molar-refractivity contribution in [3.05, 3.63) is 63.7 Å². The number of ether oxygens (including phenoxy) is 3. The number of carbonyl (C=O) groups is 1. The number of aryl methyl sites for hydroxylation is 1. The van der Waals surface area contributed by atoms with Gasteiger partial charge in [-0.25, -0.2) is 4.98 Å². The largest absolute Gasteiger partial charge is 0.496 e. The van der Waals surface area contributed by atoms with E-state index in [-0.39, 0.29) is 11.5 Å². The molecular weight excluding hydrogens is 458 g/mol. The topological polar surface area (TPSA) is 82.9 Å². The normalized spacial score (nSPS) is 15.6. The molecule has 8 nitrogen and oxygen atoms in total. The van der Waals surface area contributed by atoms with Crippen molar-refractivity contribution in [1.82, 2.24) is 14.5 Å². The lowest BCUT2D eigenvalue weighted by Gasteiger charge is -2.28. The van der Waals surface area contributed by atoms with Gasteiger partial charge in [0.1, 0.15) is 23.1 Å². The summed E-state index contributed by atoms with van der Waals surface area (Å²) in [5.74, 6) is 2.74. The van der Waals surface area contributed by atoms with Crippen molar-refractivity contribution in [3.8, 4) is 17.2 Å². The summed E-state index contributed by atoms with van der Waals surface area (Å²) in [5, 5.41) is 0.566. The molecule has 1 amide bonds. The van der Waals surface area contributed by atoms with Gasteiger partial charge in [0.15, 0.2) is 0 Å². The molecule has 8 heteroatoms. The second kappa shape index (κ2) is 10.0. The number of aromatic nitrogens is 2. The number of amides is 1. The number of hydrogen-bond acceptors (Lipinski definition) is 6. The summed E-state index contributed by atoms with van der Waals surface area (Å²) in [7, 11) is 4.84. The quantitative estimate of drug-likeness (QED) is 0.537. The molecule has 188 valence electrons. The summed E-state index contributed by atoms with van der Waals surface area (Å²) in [5.41, 5.74) is 3.07. The molecule has 2 aliphatic heterocycles. The minimum Gasteiger partial charge on any atom is -0.496 e. The molecule has 0 aliphatic carbocycles. The maximum absolute atomic E-state index is 13.4. The third-order valence-corrected chi connectivity index (χ3v) is 7.10. The predicted octanol–water partition coefficient (Wildman–Crippen LogP) is 4.08. The Kier molecular flexibility index (Phi) is 6.67. The van der Waals surface area contributed by atoms with Crippen LogP contribution in [0, 0.1) is 0 Å². The molecule has 36 heavy (non-hydrogen) atoms. The Morgan fingerprint density at radius 2 is 1.69 bits per heavy atom. The molecular formula is C28H31N3O5. The van der Waals surface area contributed by atoms with Crippen LogP contribution in [-0.2, 0) is 13.0 Å². The van der Waals surface area contributed by atoms with Crippen LogP contribution in [0.1, 0.15) is 47.4 Å². The van der Waals surface area contributed by atoms with Gasteiger partial charge < -0.3 is 19.1 Å². The minimum absolute atomic E-state index is 0.0103. The second-order valence-corrected chi connectivity index (χ2v) is 9.16. The Labute approximate surface area is 210 Å². The first kappa shape index (κ1) is 23.9. The van der Waals surface area contributed by atoms with Gasteiger partial charge in [-0.3, -0.25) is 14.2 Å². The van der Waals surface area contributed by atoms with E-state index in [4.69, 9.17) is 19.2 Å². The summed E-state index contributed by atoms with van der Waals surface area (Å²) in [6.45, 7) is 1.73. The smallest absolute Gasteiger partial charge is 0.261 e. The first-order valence-corrected chi connectivity index (χ1v) is 12.4. The molecule has 0 bridgehead atoms. The van der Waals surface area contributed by atoms with Crippen molar-refractivity contribution in [2.45, 2.75) is 38.6 Å². The van der Waals surface area contributed by atoms with Gasteiger partial charge in [0, 0.05) is 43.8 Å². The first-order chi connectivity index (χ1) is 17.5. The molecule has 0 unspecified atom stereocenters. The summed E-state index contributed by atoms with van der Waals surface area (Å²) in [6.07, 6.45) is 6.62. The highest BCUT2D eigenvalue weighted by molar-refractivity contribution is 5.98. The lowest BCUT2D eigenvalue weighted by molar-refractivity contribution is 0.0773. The maximum atomic E-state index is 13.4. The minimum atomic E-state index is -0.0716. The number of methoxy groups -OCH3 is 3. The molecule has 0 fully saturated rings. The second-order valence-electron chi connectivity index (χ2n) is 9.16. The van der Waals surface area contributed by atoms with Gasteiger partial charge in [-0.15, -0.1) is 0 Å². The van der Waals surface area contributed by atoms with E-state index in [1.807, 2.05) is 23.1 Å². The van der Waals surface area contributed by atoms with Crippen molar-refractivity contribution < 1.29 is 19.0 Å². The summed E-state index contributed by atoms with van der Waals surface area (Å²) < 4.78 is 18.4. The Morgan fingerprint density at radius 1 is 0.917 bits per heavy atom. The molecule has 5 rings (SSSR count). The van der Waals surface area contributed by atoms with Crippen LogP contribution >= 0.6 is 0 Å². The van der Waals surface area contributed by atoms with Crippen LogP contribution in [0.3, 0.4) is 0 Å². The lowest BCUT2D eigenvalue weighted by Crippen LogP contribution is -2.34. The Balaban J connectivity index is 1.41. The van der Waals surface area contributed by atoms with E-state index in [0.717, 1.165) is 42.6 Å². The van der Waals surface area contributed by atoms with Gasteiger partial charge in [0.25, 0.3) is 11.5 Å². The van der Waals surface area contributed by atoms with Crippen LogP contribution < -0.4 is 19.8 Å². The highest BCUT2D eigenvalue weighted by Crippen LogP contribution is 2.41. The summed E-state index contributed by atoms with van der Waals surface area (Å²) in [6, 6.07) is 8.92. The highest BCUT2D eigenvalue weighted by Gasteiger charge is 2.24. The zero-order valence-electron chi connectivity index (χ0n) is 21.0. The van der Waals surface area contributed by atoms with Crippen molar-refractivity contribution in [2.24, 2.45) is 0 Å².